The van der Waals surface area contributed by atoms with E-state index in [1.165, 1.54) is 27.8 Å². The second-order valence-corrected chi connectivity index (χ2v) is 11.3. The van der Waals surface area contributed by atoms with Crippen LogP contribution in [0.3, 0.4) is 0 Å². The topological polar surface area (TPSA) is 0 Å². The fraction of sp³-hybridized carbons (Fsp3) is 0.0833. The molecule has 3 aromatic rings. The van der Waals surface area contributed by atoms with E-state index < -0.39 is 23.2 Å². The molecule has 0 heterocycles. The maximum Gasteiger partial charge on any atom is -1.00 e. The second-order valence-electron chi connectivity index (χ2n) is 6.83. The molecule has 0 aliphatic heterocycles. The molecule has 2 aliphatic carbocycles. The molecule has 0 atom stereocenters. The number of fused-ring (bicyclic) bond motifs is 3. The van der Waals surface area contributed by atoms with Crippen molar-refractivity contribution in [3.05, 3.63) is 103 Å². The Morgan fingerprint density at radius 1 is 0.786 bits per heavy atom. The van der Waals surface area contributed by atoms with Gasteiger partial charge in [0.05, 0.1) is 0 Å². The van der Waals surface area contributed by atoms with Crippen molar-refractivity contribution in [2.24, 2.45) is 0 Å². The molecule has 0 bridgehead atoms. The predicted molar refractivity (Wildman–Crippen MR) is 109 cm³/mol. The second kappa shape index (κ2) is 9.27. The minimum Gasteiger partial charge on any atom is -1.00 e. The molecule has 0 radical (unpaired) electrons. The van der Waals surface area contributed by atoms with Gasteiger partial charge in [0, 0.05) is 0 Å². The third kappa shape index (κ3) is 4.17. The number of allylic oxidation sites excluding steroid dienone is 4. The van der Waals surface area contributed by atoms with E-state index in [9.17, 15) is 0 Å². The predicted octanol–water partition coefficient (Wildman–Crippen LogP) is 0.107. The monoisotopic (exact) mass is 544 g/mol. The van der Waals surface area contributed by atoms with Crippen LogP contribution in [0.4, 0.5) is 0 Å². The Hall–Kier alpha value is -0.917. The van der Waals surface area contributed by atoms with Gasteiger partial charge in [-0.15, -0.1) is 0 Å². The first kappa shape index (κ1) is 21.8. The Morgan fingerprint density at radius 2 is 1.54 bits per heavy atom. The van der Waals surface area contributed by atoms with Gasteiger partial charge in [0.1, 0.15) is 0 Å². The van der Waals surface area contributed by atoms with Gasteiger partial charge >= 0.3 is 175 Å². The fourth-order valence-electron chi connectivity index (χ4n) is 3.90. The maximum atomic E-state index is 3.52. The average Bonchev–Trinajstić information content (AvgIpc) is 3.28. The third-order valence-corrected chi connectivity index (χ3v) is 9.18. The van der Waals surface area contributed by atoms with Crippen molar-refractivity contribution < 1.29 is 48.0 Å². The van der Waals surface area contributed by atoms with Gasteiger partial charge in [-0.05, 0) is 0 Å². The molecule has 0 aromatic heterocycles. The Balaban J connectivity index is 0.00000112. The van der Waals surface area contributed by atoms with Crippen molar-refractivity contribution in [1.82, 2.24) is 0 Å². The maximum absolute atomic E-state index is 3.52. The Morgan fingerprint density at radius 3 is 2.36 bits per heavy atom. The van der Waals surface area contributed by atoms with E-state index in [1.807, 2.05) is 0 Å². The molecular formula is C24H17BrCl2Zr. The van der Waals surface area contributed by atoms with Crippen LogP contribution in [-0.2, 0) is 29.7 Å². The molecule has 28 heavy (non-hydrogen) atoms. The van der Waals surface area contributed by atoms with Crippen LogP contribution in [0, 0.1) is 0 Å². The number of halogens is 3. The molecule has 0 unspecified atom stereocenters. The first-order valence-corrected chi connectivity index (χ1v) is 12.2. The minimum absolute atomic E-state index is 0. The average molecular weight is 547 g/mol. The zero-order chi connectivity index (χ0) is 17.5. The van der Waals surface area contributed by atoms with Gasteiger partial charge in [-0.1, -0.05) is 0 Å². The van der Waals surface area contributed by atoms with E-state index in [0.717, 1.165) is 17.3 Å². The van der Waals surface area contributed by atoms with Gasteiger partial charge in [0.15, 0.2) is 0 Å². The van der Waals surface area contributed by atoms with E-state index in [2.05, 4.69) is 94.8 Å². The summed E-state index contributed by atoms with van der Waals surface area (Å²) in [6, 6.07) is 24.5. The molecule has 0 fully saturated rings. The molecule has 2 aliphatic rings. The fourth-order valence-corrected chi connectivity index (χ4v) is 7.44. The zero-order valence-corrected chi connectivity index (χ0v) is 20.6. The summed E-state index contributed by atoms with van der Waals surface area (Å²) in [7, 11) is 0. The van der Waals surface area contributed by atoms with Crippen molar-refractivity contribution in [1.29, 1.82) is 0 Å². The molecule has 4 heteroatoms. The smallest absolute Gasteiger partial charge is 1.00 e. The Kier molecular flexibility index (Phi) is 7.21. The third-order valence-electron chi connectivity index (χ3n) is 5.20. The van der Waals surface area contributed by atoms with Crippen LogP contribution < -0.4 is 28.1 Å². The van der Waals surface area contributed by atoms with Crippen molar-refractivity contribution >= 4 is 24.8 Å². The SMILES string of the molecule is Brc1ccc(C2=CC[C]([Zr+2][c]3cccc4c3Cc3ccccc3-4)=C2)cc1.[Cl-].[Cl-]. The molecule has 0 nitrogen and oxygen atoms in total. The minimum atomic E-state index is -0.744. The molecule has 138 valence electrons. The molecule has 5 rings (SSSR count). The zero-order valence-electron chi connectivity index (χ0n) is 15.1. The van der Waals surface area contributed by atoms with Crippen molar-refractivity contribution in [2.75, 3.05) is 0 Å². The summed E-state index contributed by atoms with van der Waals surface area (Å²) in [6.45, 7) is 0. The van der Waals surface area contributed by atoms with Crippen LogP contribution in [0.25, 0.3) is 16.7 Å². The summed E-state index contributed by atoms with van der Waals surface area (Å²) in [5, 5.41) is 0. The summed E-state index contributed by atoms with van der Waals surface area (Å²) in [5.41, 5.74) is 8.72. The van der Waals surface area contributed by atoms with Gasteiger partial charge in [0.2, 0.25) is 0 Å². The van der Waals surface area contributed by atoms with Gasteiger partial charge < -0.3 is 24.8 Å². The van der Waals surface area contributed by atoms with Crippen molar-refractivity contribution in [3.8, 4) is 11.1 Å². The summed E-state index contributed by atoms with van der Waals surface area (Å²) in [4.78, 5) is 0. The molecule has 0 saturated heterocycles. The van der Waals surface area contributed by atoms with Gasteiger partial charge in [-0.3, -0.25) is 0 Å². The summed E-state index contributed by atoms with van der Waals surface area (Å²) in [6.07, 6.45) is 7.10. The number of rotatable bonds is 3. The van der Waals surface area contributed by atoms with Gasteiger partial charge in [-0.2, -0.15) is 0 Å². The van der Waals surface area contributed by atoms with Crippen molar-refractivity contribution in [3.63, 3.8) is 0 Å². The van der Waals surface area contributed by atoms with E-state index in [4.69, 9.17) is 0 Å². The van der Waals surface area contributed by atoms with Crippen LogP contribution in [0.1, 0.15) is 23.1 Å². The molecular weight excluding hydrogens is 530 g/mol. The molecule has 3 aromatic carbocycles. The number of hydrogen-bond acceptors (Lipinski definition) is 0. The first-order valence-electron chi connectivity index (χ1n) is 8.92. The summed E-state index contributed by atoms with van der Waals surface area (Å²) in [5.74, 6) is 0. The molecule has 0 N–H and O–H groups in total. The molecule has 0 spiro atoms. The summed E-state index contributed by atoms with van der Waals surface area (Å²) >= 11 is 2.78. The van der Waals surface area contributed by atoms with Crippen LogP contribution in [0.15, 0.2) is 86.6 Å². The van der Waals surface area contributed by atoms with E-state index in [-0.39, 0.29) is 24.8 Å². The number of hydrogen-bond donors (Lipinski definition) is 0. The Bertz CT molecular complexity index is 1070. The quantitative estimate of drug-likeness (QED) is 0.342. The van der Waals surface area contributed by atoms with E-state index in [0.29, 0.717) is 0 Å². The standard InChI is InChI=1S/C13H9.C11H8Br.2ClH.Zr/c1-3-7-12-10(5-1)9-11-6-2-4-8-13(11)12;12-11-7-5-10(6-8-11)9-3-1-2-4-9;;;/h1-5,7-8H,9H2;3-8H,1H2;2*1H;/q;;;;+2/p-2. The van der Waals surface area contributed by atoms with Crippen LogP contribution >= 0.6 is 15.9 Å². The van der Waals surface area contributed by atoms with Crippen LogP contribution in [-0.4, -0.2) is 0 Å². The summed E-state index contributed by atoms with van der Waals surface area (Å²) < 4.78 is 4.47. The van der Waals surface area contributed by atoms with Gasteiger partial charge in [0.25, 0.3) is 0 Å². The molecule has 0 saturated carbocycles. The first-order chi connectivity index (χ1) is 12.8. The van der Waals surface area contributed by atoms with Crippen LogP contribution in [0.5, 0.6) is 0 Å². The normalized spacial score (nSPS) is 13.3. The molecule has 0 amide bonds. The van der Waals surface area contributed by atoms with E-state index in [1.54, 1.807) is 12.1 Å². The van der Waals surface area contributed by atoms with Crippen molar-refractivity contribution in [2.45, 2.75) is 12.8 Å². The largest absolute Gasteiger partial charge is 1.00 e. The van der Waals surface area contributed by atoms with Crippen LogP contribution in [0.2, 0.25) is 0 Å². The number of benzene rings is 3. The Labute approximate surface area is 198 Å². The van der Waals surface area contributed by atoms with E-state index >= 15 is 0 Å². The van der Waals surface area contributed by atoms with Gasteiger partial charge in [-0.25, -0.2) is 0 Å².